The quantitative estimate of drug-likeness (QED) is 0.825. The molecule has 0 aromatic carbocycles. The lowest BCUT2D eigenvalue weighted by molar-refractivity contribution is 0.327. The molecule has 5 nitrogen and oxygen atoms in total. The smallest absolute Gasteiger partial charge is 0.233 e. The molecule has 0 fully saturated rings. The van der Waals surface area contributed by atoms with Gasteiger partial charge in [0.1, 0.15) is 5.82 Å². The maximum Gasteiger partial charge on any atom is 0.233 e. The van der Waals surface area contributed by atoms with E-state index in [1.165, 1.54) is 0 Å². The number of hydrogen-bond acceptors (Lipinski definition) is 4. The summed E-state index contributed by atoms with van der Waals surface area (Å²) in [6.07, 6.45) is 0.570. The van der Waals surface area contributed by atoms with Crippen molar-refractivity contribution < 1.29 is 13.2 Å². The highest BCUT2D eigenvalue weighted by Crippen LogP contribution is 2.12. The van der Waals surface area contributed by atoms with Crippen molar-refractivity contribution in [1.29, 1.82) is 0 Å². The normalized spacial score (nSPS) is 11.1. The van der Waals surface area contributed by atoms with Crippen molar-refractivity contribution in [2.24, 2.45) is 0 Å². The molecule has 0 aliphatic rings. The number of anilines is 1. The minimum atomic E-state index is -3.28. The Labute approximate surface area is 95.9 Å². The van der Waals surface area contributed by atoms with E-state index in [2.05, 4.69) is 9.71 Å². The van der Waals surface area contributed by atoms with Crippen molar-refractivity contribution in [3.8, 4) is 5.88 Å². The summed E-state index contributed by atoms with van der Waals surface area (Å²) in [5.74, 6) is 0.798. The van der Waals surface area contributed by atoms with Crippen LogP contribution in [0.3, 0.4) is 0 Å². The average molecular weight is 244 g/mol. The highest BCUT2D eigenvalue weighted by Gasteiger charge is 2.09. The molecule has 16 heavy (non-hydrogen) atoms. The number of sulfonamides is 1. The zero-order chi connectivity index (χ0) is 12.0. The van der Waals surface area contributed by atoms with Crippen molar-refractivity contribution in [3.63, 3.8) is 0 Å². The summed E-state index contributed by atoms with van der Waals surface area (Å²) in [6, 6.07) is 4.97. The number of aromatic nitrogens is 1. The fourth-order valence-corrected chi connectivity index (χ4v) is 2.25. The molecule has 0 aliphatic heterocycles. The second-order valence-corrected chi connectivity index (χ2v) is 5.06. The summed E-state index contributed by atoms with van der Waals surface area (Å²) in [7, 11) is -3.28. The van der Waals surface area contributed by atoms with Gasteiger partial charge in [0, 0.05) is 6.07 Å². The molecule has 90 valence electrons. The minimum absolute atomic E-state index is 0.0908. The van der Waals surface area contributed by atoms with E-state index in [-0.39, 0.29) is 5.75 Å². The van der Waals surface area contributed by atoms with Crippen molar-refractivity contribution in [3.05, 3.63) is 18.2 Å². The molecule has 0 spiro atoms. The van der Waals surface area contributed by atoms with Crippen LogP contribution >= 0.6 is 0 Å². The van der Waals surface area contributed by atoms with Gasteiger partial charge in [-0.05, 0) is 19.4 Å². The van der Waals surface area contributed by atoms with E-state index in [0.717, 1.165) is 0 Å². The molecule has 0 radical (unpaired) electrons. The predicted molar refractivity (Wildman–Crippen MR) is 63.1 cm³/mol. The van der Waals surface area contributed by atoms with Crippen LogP contribution in [0.5, 0.6) is 5.88 Å². The third-order valence-electron chi connectivity index (χ3n) is 1.75. The standard InChI is InChI=1S/C10H16N2O3S/c1-3-8-16(13,14)12-9-6-5-7-10(11-9)15-4-2/h5-7H,3-4,8H2,1-2H3,(H,11,12). The first-order chi connectivity index (χ1) is 7.57. The molecule has 1 heterocycles. The molecule has 1 rings (SSSR count). The summed E-state index contributed by atoms with van der Waals surface area (Å²) in [5, 5.41) is 0. The number of ether oxygens (including phenoxy) is 1. The molecule has 1 N–H and O–H groups in total. The second kappa shape index (κ2) is 5.69. The van der Waals surface area contributed by atoms with Gasteiger partial charge in [0.15, 0.2) is 0 Å². The summed E-state index contributed by atoms with van der Waals surface area (Å²) in [6.45, 7) is 4.15. The van der Waals surface area contributed by atoms with Gasteiger partial charge in [-0.2, -0.15) is 4.98 Å². The maximum absolute atomic E-state index is 11.5. The van der Waals surface area contributed by atoms with Gasteiger partial charge in [0.25, 0.3) is 0 Å². The van der Waals surface area contributed by atoms with Crippen molar-refractivity contribution in [2.75, 3.05) is 17.1 Å². The predicted octanol–water partition coefficient (Wildman–Crippen LogP) is 1.63. The number of rotatable bonds is 6. The molecular weight excluding hydrogens is 228 g/mol. The highest BCUT2D eigenvalue weighted by atomic mass is 32.2. The lowest BCUT2D eigenvalue weighted by Gasteiger charge is -2.07. The molecule has 0 aliphatic carbocycles. The van der Waals surface area contributed by atoms with Gasteiger partial charge in [0.05, 0.1) is 12.4 Å². The van der Waals surface area contributed by atoms with E-state index in [1.807, 2.05) is 13.8 Å². The minimum Gasteiger partial charge on any atom is -0.478 e. The summed E-state index contributed by atoms with van der Waals surface area (Å²) < 4.78 is 30.5. The fraction of sp³-hybridized carbons (Fsp3) is 0.500. The van der Waals surface area contributed by atoms with Gasteiger partial charge in [-0.3, -0.25) is 4.72 Å². The van der Waals surface area contributed by atoms with E-state index < -0.39 is 10.0 Å². The third-order valence-corrected chi connectivity index (χ3v) is 3.21. The molecule has 0 atom stereocenters. The Morgan fingerprint density at radius 1 is 1.38 bits per heavy atom. The summed E-state index contributed by atoms with van der Waals surface area (Å²) >= 11 is 0. The van der Waals surface area contributed by atoms with Crippen LogP contribution < -0.4 is 9.46 Å². The Balaban J connectivity index is 2.77. The van der Waals surface area contributed by atoms with Crippen LogP contribution in [0.4, 0.5) is 5.82 Å². The maximum atomic E-state index is 11.5. The molecule has 0 amide bonds. The lowest BCUT2D eigenvalue weighted by atomic mass is 10.4. The topological polar surface area (TPSA) is 68.3 Å². The van der Waals surface area contributed by atoms with E-state index >= 15 is 0 Å². The molecule has 1 aromatic rings. The van der Waals surface area contributed by atoms with Crippen molar-refractivity contribution in [1.82, 2.24) is 4.98 Å². The van der Waals surface area contributed by atoms with Crippen LogP contribution in [0.15, 0.2) is 18.2 Å². The Hall–Kier alpha value is -1.30. The van der Waals surface area contributed by atoms with Gasteiger partial charge in [-0.25, -0.2) is 8.42 Å². The van der Waals surface area contributed by atoms with Crippen molar-refractivity contribution in [2.45, 2.75) is 20.3 Å². The Kier molecular flexibility index (Phi) is 4.54. The van der Waals surface area contributed by atoms with Gasteiger partial charge in [-0.15, -0.1) is 0 Å². The van der Waals surface area contributed by atoms with E-state index in [0.29, 0.717) is 24.7 Å². The Morgan fingerprint density at radius 2 is 2.12 bits per heavy atom. The first kappa shape index (κ1) is 12.8. The van der Waals surface area contributed by atoms with Crippen LogP contribution in [0.25, 0.3) is 0 Å². The zero-order valence-electron chi connectivity index (χ0n) is 9.43. The molecule has 6 heteroatoms. The fourth-order valence-electron chi connectivity index (χ4n) is 1.18. The molecule has 1 aromatic heterocycles. The number of pyridine rings is 1. The van der Waals surface area contributed by atoms with Crippen molar-refractivity contribution >= 4 is 15.8 Å². The summed E-state index contributed by atoms with van der Waals surface area (Å²) in [5.41, 5.74) is 0. The lowest BCUT2D eigenvalue weighted by Crippen LogP contribution is -2.17. The molecular formula is C10H16N2O3S. The van der Waals surface area contributed by atoms with Crippen LogP contribution in [0.2, 0.25) is 0 Å². The molecule has 0 saturated carbocycles. The molecule has 0 unspecified atom stereocenters. The van der Waals surface area contributed by atoms with Crippen LogP contribution in [0, 0.1) is 0 Å². The van der Waals surface area contributed by atoms with Gasteiger partial charge >= 0.3 is 0 Å². The van der Waals surface area contributed by atoms with E-state index in [9.17, 15) is 8.42 Å². The third kappa shape index (κ3) is 4.06. The van der Waals surface area contributed by atoms with Gasteiger partial charge in [-0.1, -0.05) is 13.0 Å². The molecule has 0 bridgehead atoms. The van der Waals surface area contributed by atoms with Gasteiger partial charge in [0.2, 0.25) is 15.9 Å². The molecule has 0 saturated heterocycles. The first-order valence-corrected chi connectivity index (χ1v) is 6.83. The SMILES string of the molecule is CCCS(=O)(=O)Nc1cccc(OCC)n1. The monoisotopic (exact) mass is 244 g/mol. The second-order valence-electron chi connectivity index (χ2n) is 3.22. The van der Waals surface area contributed by atoms with E-state index in [4.69, 9.17) is 4.74 Å². The number of nitrogens with one attached hydrogen (secondary N) is 1. The van der Waals surface area contributed by atoms with Crippen LogP contribution in [0.1, 0.15) is 20.3 Å². The summed E-state index contributed by atoms with van der Waals surface area (Å²) in [4.78, 5) is 4.02. The Morgan fingerprint density at radius 3 is 2.75 bits per heavy atom. The number of nitrogens with zero attached hydrogens (tertiary/aromatic N) is 1. The largest absolute Gasteiger partial charge is 0.478 e. The number of hydrogen-bond donors (Lipinski definition) is 1. The van der Waals surface area contributed by atoms with Crippen LogP contribution in [-0.4, -0.2) is 25.8 Å². The zero-order valence-corrected chi connectivity index (χ0v) is 10.3. The van der Waals surface area contributed by atoms with E-state index in [1.54, 1.807) is 18.2 Å². The van der Waals surface area contributed by atoms with Crippen LogP contribution in [-0.2, 0) is 10.0 Å². The highest BCUT2D eigenvalue weighted by molar-refractivity contribution is 7.92. The average Bonchev–Trinajstić information content (AvgIpc) is 2.17. The van der Waals surface area contributed by atoms with Gasteiger partial charge < -0.3 is 4.74 Å². The Bertz CT molecular complexity index is 431. The first-order valence-electron chi connectivity index (χ1n) is 5.17.